The third kappa shape index (κ3) is 2.77. The van der Waals surface area contributed by atoms with Gasteiger partial charge in [-0.05, 0) is 32.6 Å². The summed E-state index contributed by atoms with van der Waals surface area (Å²) in [6.45, 7) is 6.58. The average molecular weight is 221 g/mol. The van der Waals surface area contributed by atoms with Gasteiger partial charge in [-0.25, -0.2) is 4.98 Å². The molecule has 1 aliphatic carbocycles. The maximum Gasteiger partial charge on any atom is 0.203 e. The minimum Gasteiger partial charge on any atom is -0.353 e. The zero-order valence-electron chi connectivity index (χ0n) is 10.6. The molecule has 0 aromatic carbocycles. The molecule has 2 rings (SSSR count). The van der Waals surface area contributed by atoms with Crippen LogP contribution in [0.15, 0.2) is 12.4 Å². The molecule has 0 radical (unpaired) electrons. The fourth-order valence-electron chi connectivity index (χ4n) is 2.19. The molecule has 0 bridgehead atoms. The van der Waals surface area contributed by atoms with Gasteiger partial charge in [-0.2, -0.15) is 0 Å². The lowest BCUT2D eigenvalue weighted by Crippen LogP contribution is -2.17. The van der Waals surface area contributed by atoms with Gasteiger partial charge in [0.1, 0.15) is 0 Å². The van der Waals surface area contributed by atoms with Crippen LogP contribution in [-0.2, 0) is 0 Å². The first-order valence-corrected chi connectivity index (χ1v) is 6.50. The lowest BCUT2D eigenvalue weighted by atomic mass is 10.1. The van der Waals surface area contributed by atoms with Crippen molar-refractivity contribution < 1.29 is 0 Å². The fraction of sp³-hybridized carbons (Fsp3) is 0.769. The van der Waals surface area contributed by atoms with E-state index in [0.29, 0.717) is 12.1 Å². The molecule has 1 aliphatic rings. The van der Waals surface area contributed by atoms with Crippen molar-refractivity contribution in [2.24, 2.45) is 5.92 Å². The molecule has 16 heavy (non-hydrogen) atoms. The Bertz CT molecular complexity index is 326. The number of nitrogens with zero attached hydrogens (tertiary/aromatic N) is 2. The van der Waals surface area contributed by atoms with Gasteiger partial charge in [0.25, 0.3) is 0 Å². The molecule has 1 saturated carbocycles. The normalized spacial score (nSPS) is 17.8. The third-order valence-corrected chi connectivity index (χ3v) is 3.25. The van der Waals surface area contributed by atoms with Crippen molar-refractivity contribution in [3.05, 3.63) is 12.4 Å². The molecular formula is C13H23N3. The monoisotopic (exact) mass is 221 g/mol. The summed E-state index contributed by atoms with van der Waals surface area (Å²) < 4.78 is 2.32. The maximum absolute atomic E-state index is 4.40. The van der Waals surface area contributed by atoms with Crippen LogP contribution in [0.3, 0.4) is 0 Å². The Balaban J connectivity index is 2.06. The van der Waals surface area contributed by atoms with Crippen molar-refractivity contribution in [2.45, 2.75) is 58.5 Å². The van der Waals surface area contributed by atoms with E-state index in [4.69, 9.17) is 0 Å². The van der Waals surface area contributed by atoms with Crippen LogP contribution >= 0.6 is 0 Å². The van der Waals surface area contributed by atoms with E-state index in [0.717, 1.165) is 11.9 Å². The number of aromatic nitrogens is 2. The van der Waals surface area contributed by atoms with Gasteiger partial charge in [-0.15, -0.1) is 0 Å². The van der Waals surface area contributed by atoms with Gasteiger partial charge < -0.3 is 9.88 Å². The van der Waals surface area contributed by atoms with Crippen LogP contribution in [0.1, 0.15) is 52.5 Å². The SMILES string of the molecule is CCC(CC1CC1)n1ccnc1NC(C)C. The molecule has 1 fully saturated rings. The molecule has 3 heteroatoms. The average Bonchev–Trinajstić information content (AvgIpc) is 2.95. The molecule has 0 spiro atoms. The van der Waals surface area contributed by atoms with E-state index in [1.54, 1.807) is 0 Å². The lowest BCUT2D eigenvalue weighted by Gasteiger charge is -2.20. The Labute approximate surface area is 98.3 Å². The van der Waals surface area contributed by atoms with E-state index < -0.39 is 0 Å². The summed E-state index contributed by atoms with van der Waals surface area (Å²) in [6, 6.07) is 1.07. The molecule has 1 unspecified atom stereocenters. The molecule has 0 amide bonds. The first-order chi connectivity index (χ1) is 7.70. The van der Waals surface area contributed by atoms with Crippen molar-refractivity contribution in [2.75, 3.05) is 5.32 Å². The van der Waals surface area contributed by atoms with Gasteiger partial charge in [-0.1, -0.05) is 19.8 Å². The Morgan fingerprint density at radius 1 is 1.50 bits per heavy atom. The number of anilines is 1. The second-order valence-electron chi connectivity index (χ2n) is 5.20. The number of hydrogen-bond acceptors (Lipinski definition) is 2. The summed E-state index contributed by atoms with van der Waals surface area (Å²) in [5, 5.41) is 3.41. The van der Waals surface area contributed by atoms with Crippen molar-refractivity contribution in [3.8, 4) is 0 Å². The van der Waals surface area contributed by atoms with Crippen molar-refractivity contribution in [1.29, 1.82) is 0 Å². The topological polar surface area (TPSA) is 29.9 Å². The van der Waals surface area contributed by atoms with E-state index in [2.05, 4.69) is 41.8 Å². The van der Waals surface area contributed by atoms with Crippen LogP contribution in [0.2, 0.25) is 0 Å². The van der Waals surface area contributed by atoms with Gasteiger partial charge in [0.15, 0.2) is 0 Å². The van der Waals surface area contributed by atoms with Crippen molar-refractivity contribution >= 4 is 5.95 Å². The smallest absolute Gasteiger partial charge is 0.203 e. The molecule has 1 atom stereocenters. The number of hydrogen-bond donors (Lipinski definition) is 1. The van der Waals surface area contributed by atoms with E-state index >= 15 is 0 Å². The Morgan fingerprint density at radius 3 is 2.81 bits per heavy atom. The van der Waals surface area contributed by atoms with E-state index in [-0.39, 0.29) is 0 Å². The summed E-state index contributed by atoms with van der Waals surface area (Å²) >= 11 is 0. The van der Waals surface area contributed by atoms with Crippen LogP contribution < -0.4 is 5.32 Å². The summed E-state index contributed by atoms with van der Waals surface area (Å²) in [6.07, 6.45) is 9.39. The molecule has 3 nitrogen and oxygen atoms in total. The number of nitrogens with one attached hydrogen (secondary N) is 1. The summed E-state index contributed by atoms with van der Waals surface area (Å²) in [4.78, 5) is 4.40. The highest BCUT2D eigenvalue weighted by Crippen LogP contribution is 2.38. The molecule has 0 saturated heterocycles. The van der Waals surface area contributed by atoms with Gasteiger partial charge in [0.2, 0.25) is 5.95 Å². The van der Waals surface area contributed by atoms with E-state index in [1.807, 2.05) is 6.20 Å². The van der Waals surface area contributed by atoms with Gasteiger partial charge in [0, 0.05) is 24.5 Å². The highest BCUT2D eigenvalue weighted by atomic mass is 15.2. The summed E-state index contributed by atoms with van der Waals surface area (Å²) in [5.41, 5.74) is 0. The fourth-order valence-corrected chi connectivity index (χ4v) is 2.19. The van der Waals surface area contributed by atoms with Crippen molar-refractivity contribution in [3.63, 3.8) is 0 Å². The Hall–Kier alpha value is -0.990. The lowest BCUT2D eigenvalue weighted by molar-refractivity contribution is 0.431. The van der Waals surface area contributed by atoms with Gasteiger partial charge in [-0.3, -0.25) is 0 Å². The van der Waals surface area contributed by atoms with Crippen LogP contribution in [0.5, 0.6) is 0 Å². The zero-order chi connectivity index (χ0) is 11.5. The highest BCUT2D eigenvalue weighted by Gasteiger charge is 2.26. The largest absolute Gasteiger partial charge is 0.353 e. The standard InChI is InChI=1S/C13H23N3/c1-4-12(9-11-5-6-11)16-8-7-14-13(16)15-10(2)3/h7-8,10-12H,4-6,9H2,1-3H3,(H,14,15). The summed E-state index contributed by atoms with van der Waals surface area (Å²) in [5.74, 6) is 2.00. The first-order valence-electron chi connectivity index (χ1n) is 6.50. The highest BCUT2D eigenvalue weighted by molar-refractivity contribution is 5.27. The van der Waals surface area contributed by atoms with Crippen LogP contribution in [0.4, 0.5) is 5.95 Å². The predicted molar refractivity (Wildman–Crippen MR) is 67.7 cm³/mol. The minimum atomic E-state index is 0.444. The first kappa shape index (κ1) is 11.5. The van der Waals surface area contributed by atoms with Crippen LogP contribution in [-0.4, -0.2) is 15.6 Å². The van der Waals surface area contributed by atoms with Gasteiger partial charge >= 0.3 is 0 Å². The molecule has 90 valence electrons. The Kier molecular flexibility index (Phi) is 3.52. The number of imidazole rings is 1. The minimum absolute atomic E-state index is 0.444. The molecular weight excluding hydrogens is 198 g/mol. The van der Waals surface area contributed by atoms with Crippen molar-refractivity contribution in [1.82, 2.24) is 9.55 Å². The third-order valence-electron chi connectivity index (χ3n) is 3.25. The van der Waals surface area contributed by atoms with E-state index in [1.165, 1.54) is 25.7 Å². The van der Waals surface area contributed by atoms with Crippen LogP contribution in [0, 0.1) is 5.92 Å². The molecule has 1 aromatic heterocycles. The van der Waals surface area contributed by atoms with Crippen LogP contribution in [0.25, 0.3) is 0 Å². The second-order valence-corrected chi connectivity index (χ2v) is 5.20. The molecule has 0 aliphatic heterocycles. The quantitative estimate of drug-likeness (QED) is 0.797. The molecule has 1 N–H and O–H groups in total. The van der Waals surface area contributed by atoms with Gasteiger partial charge in [0.05, 0.1) is 0 Å². The second kappa shape index (κ2) is 4.89. The van der Waals surface area contributed by atoms with E-state index in [9.17, 15) is 0 Å². The molecule has 1 heterocycles. The number of rotatable bonds is 6. The maximum atomic E-state index is 4.40. The summed E-state index contributed by atoms with van der Waals surface area (Å²) in [7, 11) is 0. The Morgan fingerprint density at radius 2 is 2.25 bits per heavy atom. The molecule has 1 aromatic rings. The zero-order valence-corrected chi connectivity index (χ0v) is 10.6. The predicted octanol–water partition coefficient (Wildman–Crippen LogP) is 3.45.